The van der Waals surface area contributed by atoms with Gasteiger partial charge in [0.05, 0.1) is 4.90 Å². The van der Waals surface area contributed by atoms with E-state index in [4.69, 9.17) is 0 Å². The maximum Gasteiger partial charge on any atom is 0.243 e. The molecule has 0 aromatic heterocycles. The van der Waals surface area contributed by atoms with E-state index in [0.717, 1.165) is 17.3 Å². The summed E-state index contributed by atoms with van der Waals surface area (Å²) in [4.78, 5) is 0.412. The van der Waals surface area contributed by atoms with Crippen molar-refractivity contribution in [1.82, 2.24) is 4.31 Å². The molecule has 1 aromatic rings. The van der Waals surface area contributed by atoms with Gasteiger partial charge in [-0.25, -0.2) is 8.42 Å². The first-order chi connectivity index (χ1) is 9.00. The van der Waals surface area contributed by atoms with Crippen molar-refractivity contribution in [3.05, 3.63) is 28.7 Å². The van der Waals surface area contributed by atoms with Crippen molar-refractivity contribution < 1.29 is 8.42 Å². The van der Waals surface area contributed by atoms with E-state index in [0.29, 0.717) is 10.8 Å². The molecule has 5 heteroatoms. The molecule has 3 nitrogen and oxygen atoms in total. The average Bonchev–Trinajstić information content (AvgIpc) is 3.23. The van der Waals surface area contributed by atoms with Crippen LogP contribution in [0, 0.1) is 5.92 Å². The average molecular weight is 344 g/mol. The molecule has 0 bridgehead atoms. The topological polar surface area (TPSA) is 37.4 Å². The Labute approximate surface area is 123 Å². The van der Waals surface area contributed by atoms with Gasteiger partial charge in [0.15, 0.2) is 0 Å². The summed E-state index contributed by atoms with van der Waals surface area (Å²) in [7, 11) is -3.35. The van der Waals surface area contributed by atoms with Crippen LogP contribution in [-0.2, 0) is 10.0 Å². The third-order valence-corrected chi connectivity index (χ3v) is 6.58. The molecule has 0 radical (unpaired) electrons. The lowest BCUT2D eigenvalue weighted by Crippen LogP contribution is -2.41. The van der Waals surface area contributed by atoms with E-state index in [1.807, 2.05) is 0 Å². The van der Waals surface area contributed by atoms with Crippen LogP contribution in [0.15, 0.2) is 33.6 Å². The molecule has 2 saturated carbocycles. The van der Waals surface area contributed by atoms with Gasteiger partial charge in [-0.05, 0) is 62.8 Å². The van der Waals surface area contributed by atoms with Crippen LogP contribution in [0.4, 0.5) is 0 Å². The van der Waals surface area contributed by atoms with Gasteiger partial charge in [-0.1, -0.05) is 15.9 Å². The van der Waals surface area contributed by atoms with Crippen molar-refractivity contribution in [2.24, 2.45) is 5.92 Å². The lowest BCUT2D eigenvalue weighted by Gasteiger charge is -2.28. The number of benzene rings is 1. The van der Waals surface area contributed by atoms with Gasteiger partial charge < -0.3 is 0 Å². The molecule has 0 spiro atoms. The van der Waals surface area contributed by atoms with Crippen LogP contribution in [0.3, 0.4) is 0 Å². The fourth-order valence-corrected chi connectivity index (χ4v) is 4.79. The molecule has 19 heavy (non-hydrogen) atoms. The summed E-state index contributed by atoms with van der Waals surface area (Å²) in [5.41, 5.74) is 0. The Morgan fingerprint density at radius 1 is 1.16 bits per heavy atom. The molecule has 3 rings (SSSR count). The lowest BCUT2D eigenvalue weighted by atomic mass is 10.2. The number of nitrogens with zero attached hydrogens (tertiary/aromatic N) is 1. The Morgan fingerprint density at radius 2 is 1.74 bits per heavy atom. The highest BCUT2D eigenvalue weighted by Crippen LogP contribution is 2.42. The Morgan fingerprint density at radius 3 is 2.21 bits per heavy atom. The van der Waals surface area contributed by atoms with Gasteiger partial charge in [0.25, 0.3) is 0 Å². The summed E-state index contributed by atoms with van der Waals surface area (Å²) < 4.78 is 28.3. The molecule has 0 saturated heterocycles. The molecule has 2 aliphatic carbocycles. The molecule has 0 amide bonds. The summed E-state index contributed by atoms with van der Waals surface area (Å²) in [5.74, 6) is 0.561. The summed E-state index contributed by atoms with van der Waals surface area (Å²) in [6.45, 7) is 2.06. The first kappa shape index (κ1) is 13.6. The highest BCUT2D eigenvalue weighted by molar-refractivity contribution is 9.10. The van der Waals surface area contributed by atoms with E-state index in [-0.39, 0.29) is 12.1 Å². The van der Waals surface area contributed by atoms with Crippen molar-refractivity contribution in [2.45, 2.75) is 49.6 Å². The third kappa shape index (κ3) is 2.73. The largest absolute Gasteiger partial charge is 0.243 e. The van der Waals surface area contributed by atoms with E-state index in [2.05, 4.69) is 22.9 Å². The van der Waals surface area contributed by atoms with Crippen molar-refractivity contribution in [2.75, 3.05) is 0 Å². The second kappa shape index (κ2) is 4.86. The molecule has 2 aliphatic rings. The van der Waals surface area contributed by atoms with Crippen LogP contribution in [0.25, 0.3) is 0 Å². The Hall–Kier alpha value is -0.390. The summed E-state index contributed by atoms with van der Waals surface area (Å²) >= 11 is 3.34. The molecule has 0 heterocycles. The van der Waals surface area contributed by atoms with E-state index in [1.54, 1.807) is 28.6 Å². The monoisotopic (exact) mass is 343 g/mol. The summed E-state index contributed by atoms with van der Waals surface area (Å²) in [6.07, 6.45) is 4.35. The van der Waals surface area contributed by atoms with Crippen molar-refractivity contribution >= 4 is 26.0 Å². The minimum Gasteiger partial charge on any atom is -0.207 e. The molecule has 1 atom stereocenters. The number of hydrogen-bond donors (Lipinski definition) is 0. The zero-order valence-electron chi connectivity index (χ0n) is 10.9. The lowest BCUT2D eigenvalue weighted by molar-refractivity contribution is 0.301. The van der Waals surface area contributed by atoms with Crippen molar-refractivity contribution in [1.29, 1.82) is 0 Å². The molecular formula is C14H18BrNO2S. The first-order valence-corrected chi connectivity index (χ1v) is 9.02. The normalized spacial score (nSPS) is 21.6. The zero-order valence-corrected chi connectivity index (χ0v) is 13.3. The van der Waals surface area contributed by atoms with Gasteiger partial charge in [0.2, 0.25) is 10.0 Å². The highest BCUT2D eigenvalue weighted by atomic mass is 79.9. The Kier molecular flexibility index (Phi) is 3.48. The number of hydrogen-bond acceptors (Lipinski definition) is 2. The minimum absolute atomic E-state index is 0.140. The predicted molar refractivity (Wildman–Crippen MR) is 78.4 cm³/mol. The molecule has 0 N–H and O–H groups in total. The fourth-order valence-electron chi connectivity index (χ4n) is 2.59. The molecule has 1 aromatic carbocycles. The van der Waals surface area contributed by atoms with Gasteiger partial charge in [-0.15, -0.1) is 0 Å². The predicted octanol–water partition coefficient (Wildman–Crippen LogP) is 3.40. The van der Waals surface area contributed by atoms with Gasteiger partial charge in [-0.2, -0.15) is 4.31 Å². The second-order valence-electron chi connectivity index (χ2n) is 5.60. The Bertz CT molecular complexity index is 562. The van der Waals surface area contributed by atoms with Crippen molar-refractivity contribution in [3.8, 4) is 0 Å². The molecule has 0 unspecified atom stereocenters. The number of halogens is 1. The second-order valence-corrected chi connectivity index (χ2v) is 8.36. The Balaban J connectivity index is 1.93. The number of rotatable bonds is 5. The SMILES string of the molecule is C[C@H](C1CC1)N(C1CC1)S(=O)(=O)c1ccc(Br)cc1. The van der Waals surface area contributed by atoms with E-state index in [9.17, 15) is 8.42 Å². The smallest absolute Gasteiger partial charge is 0.207 e. The maximum atomic E-state index is 12.8. The van der Waals surface area contributed by atoms with Crippen LogP contribution in [0.2, 0.25) is 0 Å². The number of sulfonamides is 1. The van der Waals surface area contributed by atoms with Gasteiger partial charge in [0, 0.05) is 16.6 Å². The highest BCUT2D eigenvalue weighted by Gasteiger charge is 2.45. The van der Waals surface area contributed by atoms with E-state index >= 15 is 0 Å². The standard InChI is InChI=1S/C14H18BrNO2S/c1-10(11-2-3-11)16(13-6-7-13)19(17,18)14-8-4-12(15)5-9-14/h4-5,8-11,13H,2-3,6-7H2,1H3/t10-/m1/s1. The molecule has 104 valence electrons. The fraction of sp³-hybridized carbons (Fsp3) is 0.571. The van der Waals surface area contributed by atoms with Gasteiger partial charge in [0.1, 0.15) is 0 Å². The summed E-state index contributed by atoms with van der Waals surface area (Å²) in [6, 6.07) is 7.33. The van der Waals surface area contributed by atoms with Gasteiger partial charge in [-0.3, -0.25) is 0 Å². The van der Waals surface area contributed by atoms with E-state index < -0.39 is 10.0 Å². The van der Waals surface area contributed by atoms with Crippen molar-refractivity contribution in [3.63, 3.8) is 0 Å². The van der Waals surface area contributed by atoms with E-state index in [1.165, 1.54) is 12.8 Å². The van der Waals surface area contributed by atoms with Crippen LogP contribution in [0.5, 0.6) is 0 Å². The first-order valence-electron chi connectivity index (χ1n) is 6.79. The zero-order chi connectivity index (χ0) is 13.6. The molecule has 2 fully saturated rings. The quantitative estimate of drug-likeness (QED) is 0.821. The summed E-state index contributed by atoms with van der Waals surface area (Å²) in [5, 5.41) is 0. The van der Waals surface area contributed by atoms with Crippen LogP contribution >= 0.6 is 15.9 Å². The third-order valence-electron chi connectivity index (χ3n) is 4.00. The molecular weight excluding hydrogens is 326 g/mol. The molecule has 0 aliphatic heterocycles. The minimum atomic E-state index is -3.35. The van der Waals surface area contributed by atoms with Gasteiger partial charge >= 0.3 is 0 Å². The maximum absolute atomic E-state index is 12.8. The van der Waals surface area contributed by atoms with Crippen LogP contribution in [-0.4, -0.2) is 24.8 Å². The van der Waals surface area contributed by atoms with Crippen LogP contribution in [0.1, 0.15) is 32.6 Å². The van der Waals surface area contributed by atoms with Crippen LogP contribution < -0.4 is 0 Å².